The molecule has 1 aliphatic rings. The summed E-state index contributed by atoms with van der Waals surface area (Å²) in [7, 11) is 0. The zero-order chi connectivity index (χ0) is 13.4. The van der Waals surface area contributed by atoms with Gasteiger partial charge in [-0.25, -0.2) is 0 Å². The zero-order valence-corrected chi connectivity index (χ0v) is 12.2. The van der Waals surface area contributed by atoms with E-state index >= 15 is 0 Å². The summed E-state index contributed by atoms with van der Waals surface area (Å²) in [6.45, 7) is 2.18. The highest BCUT2D eigenvalue weighted by atomic mass is 35.5. The molecule has 0 heterocycles. The van der Waals surface area contributed by atoms with Crippen molar-refractivity contribution in [2.45, 2.75) is 19.3 Å². The number of rotatable bonds is 1. The Bertz CT molecular complexity index is 656. The molecule has 0 aliphatic heterocycles. The topological polar surface area (TPSA) is 0 Å². The van der Waals surface area contributed by atoms with Gasteiger partial charge in [0.2, 0.25) is 0 Å². The molecule has 3 rings (SSSR count). The van der Waals surface area contributed by atoms with Crippen LogP contribution < -0.4 is 0 Å². The maximum atomic E-state index is 6.15. The lowest BCUT2D eigenvalue weighted by molar-refractivity contribution is 0.785. The number of benzene rings is 2. The van der Waals surface area contributed by atoms with Gasteiger partial charge in [0, 0.05) is 5.92 Å². The van der Waals surface area contributed by atoms with Gasteiger partial charge in [-0.15, -0.1) is 0 Å². The second-order valence-corrected chi connectivity index (χ2v) is 5.86. The molecular weight excluding hydrogens is 275 g/mol. The molecule has 0 N–H and O–H groups in total. The molecule has 1 aliphatic carbocycles. The third-order valence-electron chi connectivity index (χ3n) is 3.65. The number of fused-ring (bicyclic) bond motifs is 1. The van der Waals surface area contributed by atoms with Gasteiger partial charge >= 0.3 is 0 Å². The van der Waals surface area contributed by atoms with E-state index in [-0.39, 0.29) is 0 Å². The van der Waals surface area contributed by atoms with Gasteiger partial charge in [0.05, 0.1) is 10.0 Å². The standard InChI is InChI=1S/C17H14Cl2/c1-11-8-12-4-2-3-5-14(12)15(9-11)13-6-7-16(18)17(19)10-13/h2-8,10,15H,9H2,1H3/t15-/m0/s1. The Hall–Kier alpha value is -1.24. The van der Waals surface area contributed by atoms with Crippen LogP contribution in [-0.2, 0) is 0 Å². The van der Waals surface area contributed by atoms with E-state index in [1.54, 1.807) is 0 Å². The van der Waals surface area contributed by atoms with Gasteiger partial charge in [-0.05, 0) is 42.2 Å². The summed E-state index contributed by atoms with van der Waals surface area (Å²) in [6.07, 6.45) is 3.30. The van der Waals surface area contributed by atoms with Crippen LogP contribution >= 0.6 is 23.2 Å². The lowest BCUT2D eigenvalue weighted by Gasteiger charge is -2.25. The third kappa shape index (κ3) is 2.43. The summed E-state index contributed by atoms with van der Waals surface area (Å²) in [5.74, 6) is 0.371. The van der Waals surface area contributed by atoms with Gasteiger partial charge in [-0.2, -0.15) is 0 Å². The highest BCUT2D eigenvalue weighted by molar-refractivity contribution is 6.42. The van der Waals surface area contributed by atoms with Crippen molar-refractivity contribution in [3.8, 4) is 0 Å². The minimum absolute atomic E-state index is 0.371. The van der Waals surface area contributed by atoms with Crippen LogP contribution in [0.5, 0.6) is 0 Å². The molecule has 0 saturated heterocycles. The maximum absolute atomic E-state index is 6.15. The van der Waals surface area contributed by atoms with E-state index in [0.717, 1.165) is 6.42 Å². The van der Waals surface area contributed by atoms with Crippen molar-refractivity contribution >= 4 is 29.3 Å². The van der Waals surface area contributed by atoms with Crippen LogP contribution in [-0.4, -0.2) is 0 Å². The van der Waals surface area contributed by atoms with Gasteiger partial charge in [-0.3, -0.25) is 0 Å². The minimum atomic E-state index is 0.371. The van der Waals surface area contributed by atoms with Gasteiger partial charge in [-0.1, -0.05) is 65.2 Å². The average molecular weight is 289 g/mol. The lowest BCUT2D eigenvalue weighted by Crippen LogP contribution is -2.08. The Morgan fingerprint density at radius 3 is 2.58 bits per heavy atom. The summed E-state index contributed by atoms with van der Waals surface area (Å²) in [6, 6.07) is 14.5. The summed E-state index contributed by atoms with van der Waals surface area (Å²) in [5, 5.41) is 1.24. The molecule has 0 radical (unpaired) electrons. The Kier molecular flexibility index (Phi) is 3.38. The Labute approximate surface area is 123 Å². The fourth-order valence-electron chi connectivity index (χ4n) is 2.74. The van der Waals surface area contributed by atoms with Crippen LogP contribution in [0.1, 0.15) is 36.0 Å². The molecule has 0 unspecified atom stereocenters. The van der Waals surface area contributed by atoms with Crippen molar-refractivity contribution in [2.75, 3.05) is 0 Å². The largest absolute Gasteiger partial charge is 0.0827 e. The Morgan fingerprint density at radius 1 is 1.00 bits per heavy atom. The van der Waals surface area contributed by atoms with Gasteiger partial charge in [0.15, 0.2) is 0 Å². The first-order chi connectivity index (χ1) is 9.15. The van der Waals surface area contributed by atoms with E-state index in [1.165, 1.54) is 22.3 Å². The molecule has 0 aromatic heterocycles. The predicted octanol–water partition coefficient (Wildman–Crippen LogP) is 5.93. The van der Waals surface area contributed by atoms with E-state index in [9.17, 15) is 0 Å². The van der Waals surface area contributed by atoms with Crippen molar-refractivity contribution in [2.24, 2.45) is 0 Å². The Balaban J connectivity index is 2.10. The van der Waals surface area contributed by atoms with Crippen LogP contribution in [0.2, 0.25) is 10.0 Å². The predicted molar refractivity (Wildman–Crippen MR) is 83.0 cm³/mol. The summed E-state index contributed by atoms with van der Waals surface area (Å²) >= 11 is 12.2. The summed E-state index contributed by atoms with van der Waals surface area (Å²) in [5.41, 5.74) is 5.30. The monoisotopic (exact) mass is 288 g/mol. The first-order valence-electron chi connectivity index (χ1n) is 6.36. The van der Waals surface area contributed by atoms with E-state index in [2.05, 4.69) is 43.3 Å². The number of hydrogen-bond donors (Lipinski definition) is 0. The van der Waals surface area contributed by atoms with Crippen LogP contribution in [0.3, 0.4) is 0 Å². The smallest absolute Gasteiger partial charge is 0.0595 e. The number of hydrogen-bond acceptors (Lipinski definition) is 0. The van der Waals surface area contributed by atoms with Crippen molar-refractivity contribution < 1.29 is 0 Å². The fraction of sp³-hybridized carbons (Fsp3) is 0.176. The fourth-order valence-corrected chi connectivity index (χ4v) is 3.05. The quantitative estimate of drug-likeness (QED) is 0.610. The molecule has 0 fully saturated rings. The number of halogens is 2. The molecule has 2 aromatic carbocycles. The molecule has 2 aromatic rings. The average Bonchev–Trinajstić information content (AvgIpc) is 2.41. The maximum Gasteiger partial charge on any atom is 0.0595 e. The highest BCUT2D eigenvalue weighted by Gasteiger charge is 2.21. The van der Waals surface area contributed by atoms with E-state index in [1.807, 2.05) is 12.1 Å². The second-order valence-electron chi connectivity index (χ2n) is 5.05. The molecule has 0 amide bonds. The summed E-state index contributed by atoms with van der Waals surface area (Å²) < 4.78 is 0. The van der Waals surface area contributed by atoms with E-state index in [4.69, 9.17) is 23.2 Å². The SMILES string of the molecule is CC1=Cc2ccccc2[C@H](c2ccc(Cl)c(Cl)c2)C1. The van der Waals surface area contributed by atoms with Crippen LogP contribution in [0.15, 0.2) is 48.0 Å². The molecular formula is C17H14Cl2. The molecule has 19 heavy (non-hydrogen) atoms. The first kappa shape index (κ1) is 12.8. The van der Waals surface area contributed by atoms with Crippen molar-refractivity contribution in [3.63, 3.8) is 0 Å². The number of allylic oxidation sites excluding steroid dienone is 1. The summed E-state index contributed by atoms with van der Waals surface area (Å²) in [4.78, 5) is 0. The van der Waals surface area contributed by atoms with Crippen LogP contribution in [0.4, 0.5) is 0 Å². The van der Waals surface area contributed by atoms with E-state index in [0.29, 0.717) is 16.0 Å². The lowest BCUT2D eigenvalue weighted by atomic mass is 9.79. The van der Waals surface area contributed by atoms with E-state index < -0.39 is 0 Å². The molecule has 0 spiro atoms. The third-order valence-corrected chi connectivity index (χ3v) is 4.38. The second kappa shape index (κ2) is 5.03. The first-order valence-corrected chi connectivity index (χ1v) is 7.12. The minimum Gasteiger partial charge on any atom is -0.0827 e. The van der Waals surface area contributed by atoms with Crippen molar-refractivity contribution in [1.82, 2.24) is 0 Å². The van der Waals surface area contributed by atoms with Crippen molar-refractivity contribution in [1.29, 1.82) is 0 Å². The zero-order valence-electron chi connectivity index (χ0n) is 10.7. The molecule has 2 heteroatoms. The van der Waals surface area contributed by atoms with Crippen LogP contribution in [0, 0.1) is 0 Å². The van der Waals surface area contributed by atoms with Gasteiger partial charge < -0.3 is 0 Å². The molecule has 1 atom stereocenters. The molecule has 96 valence electrons. The molecule has 0 bridgehead atoms. The molecule has 0 saturated carbocycles. The van der Waals surface area contributed by atoms with Crippen LogP contribution in [0.25, 0.3) is 6.08 Å². The van der Waals surface area contributed by atoms with Crippen molar-refractivity contribution in [3.05, 3.63) is 74.8 Å². The van der Waals surface area contributed by atoms with Gasteiger partial charge in [0.25, 0.3) is 0 Å². The Morgan fingerprint density at radius 2 is 1.79 bits per heavy atom. The highest BCUT2D eigenvalue weighted by Crippen LogP contribution is 2.39. The van der Waals surface area contributed by atoms with Gasteiger partial charge in [0.1, 0.15) is 0 Å². The normalized spacial score (nSPS) is 17.8. The molecule has 0 nitrogen and oxygen atoms in total.